The molecular formula is C12H20O2SSi. The summed E-state index contributed by atoms with van der Waals surface area (Å²) >= 11 is 5.07. The monoisotopic (exact) mass is 256 g/mol. The molecular weight excluding hydrogens is 236 g/mol. The van der Waals surface area contributed by atoms with Crippen LogP contribution < -0.4 is 0 Å². The molecule has 1 aliphatic carbocycles. The van der Waals surface area contributed by atoms with Gasteiger partial charge in [-0.25, -0.2) is 0 Å². The molecule has 1 saturated heterocycles. The maximum Gasteiger partial charge on any atom is 0.353 e. The van der Waals surface area contributed by atoms with Gasteiger partial charge in [0.1, 0.15) is 6.10 Å². The van der Waals surface area contributed by atoms with Crippen molar-refractivity contribution in [1.82, 2.24) is 0 Å². The first kappa shape index (κ1) is 12.1. The highest BCUT2D eigenvalue weighted by molar-refractivity contribution is 7.79. The summed E-state index contributed by atoms with van der Waals surface area (Å²) in [6, 6.07) is 0. The Morgan fingerprint density at radius 1 is 1.44 bits per heavy atom. The van der Waals surface area contributed by atoms with Gasteiger partial charge in [-0.15, -0.1) is 0 Å². The second kappa shape index (κ2) is 3.57. The molecule has 1 aliphatic heterocycles. The van der Waals surface area contributed by atoms with E-state index < -0.39 is 8.07 Å². The highest BCUT2D eigenvalue weighted by Gasteiger charge is 2.57. The van der Waals surface area contributed by atoms with Crippen LogP contribution in [0.5, 0.6) is 0 Å². The summed E-state index contributed by atoms with van der Waals surface area (Å²) in [5.74, 6) is 0. The minimum atomic E-state index is -1.34. The molecule has 4 heteroatoms. The van der Waals surface area contributed by atoms with Gasteiger partial charge < -0.3 is 9.47 Å². The Hall–Kier alpha value is -0.353. The smallest absolute Gasteiger partial charge is 0.353 e. The quantitative estimate of drug-likeness (QED) is 0.406. The van der Waals surface area contributed by atoms with Crippen LogP contribution >= 0.6 is 12.2 Å². The summed E-state index contributed by atoms with van der Waals surface area (Å²) in [6.07, 6.45) is 3.33. The van der Waals surface area contributed by atoms with Gasteiger partial charge in [-0.05, 0) is 13.8 Å². The van der Waals surface area contributed by atoms with Crippen LogP contribution in [0.2, 0.25) is 25.2 Å². The van der Waals surface area contributed by atoms with E-state index in [0.717, 1.165) is 6.42 Å². The standard InChI is InChI=1S/C12H20O2SSi/c1-8-6-7-9-12(2,14-11(15)13-9)10(8)16(3,4)5/h6,9-10H,7H2,1-5H3/t9-,10-,12-/m1/s1. The second-order valence-corrected chi connectivity index (χ2v) is 11.8. The van der Waals surface area contributed by atoms with Gasteiger partial charge in [-0.1, -0.05) is 31.3 Å². The number of rotatable bonds is 1. The molecule has 0 aromatic rings. The van der Waals surface area contributed by atoms with Crippen molar-refractivity contribution in [2.75, 3.05) is 0 Å². The molecule has 2 aliphatic rings. The van der Waals surface area contributed by atoms with Gasteiger partial charge in [0.05, 0.1) is 8.07 Å². The van der Waals surface area contributed by atoms with Gasteiger partial charge in [-0.2, -0.15) is 0 Å². The van der Waals surface area contributed by atoms with Crippen molar-refractivity contribution in [1.29, 1.82) is 0 Å². The lowest BCUT2D eigenvalue weighted by Crippen LogP contribution is -2.52. The number of hydrogen-bond acceptors (Lipinski definition) is 3. The number of hydrogen-bond donors (Lipinski definition) is 0. The zero-order chi connectivity index (χ0) is 12.1. The van der Waals surface area contributed by atoms with Crippen LogP contribution in [0.15, 0.2) is 11.6 Å². The zero-order valence-corrected chi connectivity index (χ0v) is 12.5. The van der Waals surface area contributed by atoms with E-state index in [1.54, 1.807) is 0 Å². The van der Waals surface area contributed by atoms with E-state index in [0.29, 0.717) is 10.8 Å². The van der Waals surface area contributed by atoms with Gasteiger partial charge >= 0.3 is 5.24 Å². The van der Waals surface area contributed by atoms with Crippen LogP contribution in [0.4, 0.5) is 0 Å². The van der Waals surface area contributed by atoms with Crippen molar-refractivity contribution >= 4 is 25.5 Å². The SMILES string of the molecule is CC1=CC[C@H]2OC(=S)O[C@@]2(C)[C@@H]1[Si](C)(C)C. The zero-order valence-electron chi connectivity index (χ0n) is 10.7. The van der Waals surface area contributed by atoms with Crippen molar-refractivity contribution in [3.8, 4) is 0 Å². The molecule has 2 nitrogen and oxygen atoms in total. The molecule has 1 heterocycles. The summed E-state index contributed by atoms with van der Waals surface area (Å²) < 4.78 is 11.5. The molecule has 0 aromatic heterocycles. The van der Waals surface area contributed by atoms with Gasteiger partial charge in [0.15, 0.2) is 5.60 Å². The maximum absolute atomic E-state index is 5.87. The van der Waals surface area contributed by atoms with Crippen molar-refractivity contribution < 1.29 is 9.47 Å². The van der Waals surface area contributed by atoms with Gasteiger partial charge in [0.2, 0.25) is 0 Å². The van der Waals surface area contributed by atoms with Crippen LogP contribution in [0.25, 0.3) is 0 Å². The molecule has 3 atom stereocenters. The Kier molecular flexibility index (Phi) is 2.70. The average Bonchev–Trinajstić information content (AvgIpc) is 2.35. The van der Waals surface area contributed by atoms with Crippen LogP contribution in [-0.4, -0.2) is 25.0 Å². The first-order valence-corrected chi connectivity index (χ1v) is 9.80. The molecule has 2 rings (SSSR count). The topological polar surface area (TPSA) is 18.5 Å². The lowest BCUT2D eigenvalue weighted by atomic mass is 9.83. The van der Waals surface area contributed by atoms with Gasteiger partial charge in [0, 0.05) is 24.2 Å². The minimum Gasteiger partial charge on any atom is -0.449 e. The summed E-state index contributed by atoms with van der Waals surface area (Å²) in [5.41, 5.74) is 1.70. The van der Waals surface area contributed by atoms with Crippen molar-refractivity contribution in [3.05, 3.63) is 11.6 Å². The van der Waals surface area contributed by atoms with Crippen LogP contribution in [0.3, 0.4) is 0 Å². The number of thiocarbonyl (C=S) groups is 1. The van der Waals surface area contributed by atoms with E-state index >= 15 is 0 Å². The summed E-state index contributed by atoms with van der Waals surface area (Å²) in [6.45, 7) is 11.5. The third-order valence-electron chi connectivity index (χ3n) is 3.73. The minimum absolute atomic E-state index is 0.112. The molecule has 0 amide bonds. The molecule has 0 N–H and O–H groups in total. The van der Waals surface area contributed by atoms with E-state index in [1.807, 2.05) is 0 Å². The molecule has 0 spiro atoms. The van der Waals surface area contributed by atoms with E-state index in [1.165, 1.54) is 5.57 Å². The highest BCUT2D eigenvalue weighted by Crippen LogP contribution is 2.50. The summed E-state index contributed by atoms with van der Waals surface area (Å²) in [7, 11) is -1.34. The molecule has 90 valence electrons. The normalized spacial score (nSPS) is 38.6. The average molecular weight is 256 g/mol. The Balaban J connectivity index is 2.44. The fourth-order valence-electron chi connectivity index (χ4n) is 3.44. The molecule has 1 fully saturated rings. The maximum atomic E-state index is 5.87. The second-order valence-electron chi connectivity index (χ2n) is 6.13. The van der Waals surface area contributed by atoms with Crippen LogP contribution in [0.1, 0.15) is 20.3 Å². The van der Waals surface area contributed by atoms with E-state index in [-0.39, 0.29) is 11.7 Å². The Morgan fingerprint density at radius 2 is 2.06 bits per heavy atom. The Morgan fingerprint density at radius 3 is 2.62 bits per heavy atom. The predicted molar refractivity (Wildman–Crippen MR) is 72.4 cm³/mol. The highest BCUT2D eigenvalue weighted by atomic mass is 32.1. The summed E-state index contributed by atoms with van der Waals surface area (Å²) in [5, 5.41) is 0.332. The number of ether oxygens (including phenoxy) is 2. The Labute approximate surface area is 104 Å². The first-order valence-electron chi connectivity index (χ1n) is 5.81. The van der Waals surface area contributed by atoms with Crippen LogP contribution in [-0.2, 0) is 9.47 Å². The van der Waals surface area contributed by atoms with E-state index in [4.69, 9.17) is 21.7 Å². The summed E-state index contributed by atoms with van der Waals surface area (Å²) in [4.78, 5) is 0. The lowest BCUT2D eigenvalue weighted by molar-refractivity contribution is 0.0472. The fraction of sp³-hybridized carbons (Fsp3) is 0.750. The molecule has 0 aromatic carbocycles. The first-order chi connectivity index (χ1) is 7.25. The van der Waals surface area contributed by atoms with Gasteiger partial charge in [0.25, 0.3) is 0 Å². The third kappa shape index (κ3) is 1.72. The van der Waals surface area contributed by atoms with E-state index in [2.05, 4.69) is 39.6 Å². The third-order valence-corrected chi connectivity index (χ3v) is 6.67. The largest absolute Gasteiger partial charge is 0.449 e. The number of fused-ring (bicyclic) bond motifs is 1. The molecule has 0 bridgehead atoms. The van der Waals surface area contributed by atoms with Crippen molar-refractivity contribution in [3.63, 3.8) is 0 Å². The Bertz CT molecular complexity index is 359. The van der Waals surface area contributed by atoms with E-state index in [9.17, 15) is 0 Å². The molecule has 16 heavy (non-hydrogen) atoms. The van der Waals surface area contributed by atoms with Crippen LogP contribution in [0, 0.1) is 0 Å². The van der Waals surface area contributed by atoms with Crippen molar-refractivity contribution in [2.45, 2.75) is 57.2 Å². The van der Waals surface area contributed by atoms with Gasteiger partial charge in [-0.3, -0.25) is 0 Å². The van der Waals surface area contributed by atoms with Crippen molar-refractivity contribution in [2.24, 2.45) is 0 Å². The molecule has 0 radical (unpaired) electrons. The predicted octanol–water partition coefficient (Wildman–Crippen LogP) is 3.50. The fourth-order valence-corrected chi connectivity index (χ4v) is 7.18. The molecule has 0 unspecified atom stereocenters. The molecule has 0 saturated carbocycles. The lowest BCUT2D eigenvalue weighted by Gasteiger charge is -2.45.